The summed E-state index contributed by atoms with van der Waals surface area (Å²) in [6.45, 7) is 11.1. The van der Waals surface area contributed by atoms with Gasteiger partial charge < -0.3 is 18.9 Å². The SMILES string of the molecule is CC(C)CCCCCCC(=O)OCCOCCOCCOC(=O)CCCCCCC(C)C. The van der Waals surface area contributed by atoms with Crippen LogP contribution in [0.15, 0.2) is 0 Å². The highest BCUT2D eigenvalue weighted by molar-refractivity contribution is 5.69. The van der Waals surface area contributed by atoms with E-state index in [2.05, 4.69) is 27.7 Å². The van der Waals surface area contributed by atoms with Crippen LogP contribution in [0.1, 0.15) is 105 Å². The van der Waals surface area contributed by atoms with Crippen LogP contribution in [0, 0.1) is 11.8 Å². The fourth-order valence-corrected chi connectivity index (χ4v) is 3.25. The van der Waals surface area contributed by atoms with Gasteiger partial charge in [0.15, 0.2) is 0 Å². The molecular weight excluding hydrogens is 408 g/mol. The van der Waals surface area contributed by atoms with Gasteiger partial charge in [0.1, 0.15) is 13.2 Å². The van der Waals surface area contributed by atoms with Crippen LogP contribution in [-0.2, 0) is 28.5 Å². The minimum atomic E-state index is -0.147. The molecule has 0 atom stereocenters. The van der Waals surface area contributed by atoms with E-state index in [1.54, 1.807) is 0 Å². The van der Waals surface area contributed by atoms with Gasteiger partial charge in [-0.2, -0.15) is 0 Å². The van der Waals surface area contributed by atoms with E-state index in [1.807, 2.05) is 0 Å². The monoisotopic (exact) mass is 458 g/mol. The molecule has 6 heteroatoms. The minimum absolute atomic E-state index is 0.147. The second kappa shape index (κ2) is 23.0. The molecule has 0 aliphatic heterocycles. The summed E-state index contributed by atoms with van der Waals surface area (Å²) in [7, 11) is 0. The van der Waals surface area contributed by atoms with Crippen molar-refractivity contribution in [2.24, 2.45) is 11.8 Å². The molecule has 0 aromatic carbocycles. The highest BCUT2D eigenvalue weighted by Gasteiger charge is 2.04. The lowest BCUT2D eigenvalue weighted by Gasteiger charge is -2.08. The predicted molar refractivity (Wildman–Crippen MR) is 129 cm³/mol. The lowest BCUT2D eigenvalue weighted by molar-refractivity contribution is -0.147. The third kappa shape index (κ3) is 25.1. The summed E-state index contributed by atoms with van der Waals surface area (Å²) < 4.78 is 21.1. The first kappa shape index (κ1) is 30.9. The molecule has 0 saturated carbocycles. The van der Waals surface area contributed by atoms with E-state index < -0.39 is 0 Å². The zero-order valence-electron chi connectivity index (χ0n) is 21.3. The number of carbonyl (C=O) groups is 2. The molecule has 32 heavy (non-hydrogen) atoms. The first-order valence-electron chi connectivity index (χ1n) is 12.9. The number of unbranched alkanes of at least 4 members (excludes halogenated alkanes) is 6. The molecule has 0 rings (SSSR count). The van der Waals surface area contributed by atoms with Gasteiger partial charge in [-0.1, -0.05) is 79.1 Å². The average molecular weight is 459 g/mol. The summed E-state index contributed by atoms with van der Waals surface area (Å²) in [6, 6.07) is 0. The van der Waals surface area contributed by atoms with Gasteiger partial charge in [-0.05, 0) is 24.7 Å². The van der Waals surface area contributed by atoms with E-state index in [0.717, 1.165) is 37.5 Å². The van der Waals surface area contributed by atoms with E-state index in [0.29, 0.717) is 39.3 Å². The maximum atomic E-state index is 11.6. The molecule has 0 saturated heterocycles. The molecule has 0 radical (unpaired) electrons. The van der Waals surface area contributed by atoms with E-state index in [1.165, 1.54) is 38.5 Å². The van der Waals surface area contributed by atoms with Crippen LogP contribution in [0.4, 0.5) is 0 Å². The van der Waals surface area contributed by atoms with Crippen molar-refractivity contribution in [3.8, 4) is 0 Å². The third-order valence-electron chi connectivity index (χ3n) is 5.18. The van der Waals surface area contributed by atoms with Crippen molar-refractivity contribution in [3.05, 3.63) is 0 Å². The normalized spacial score (nSPS) is 11.3. The van der Waals surface area contributed by atoms with Gasteiger partial charge in [0.05, 0.1) is 26.4 Å². The summed E-state index contributed by atoms with van der Waals surface area (Å²) in [5, 5.41) is 0. The van der Waals surface area contributed by atoms with Gasteiger partial charge in [0.2, 0.25) is 0 Å². The van der Waals surface area contributed by atoms with Crippen LogP contribution in [0.2, 0.25) is 0 Å². The first-order chi connectivity index (χ1) is 15.4. The molecular formula is C26H50O6. The molecule has 0 aliphatic rings. The first-order valence-corrected chi connectivity index (χ1v) is 12.9. The molecule has 0 spiro atoms. The maximum absolute atomic E-state index is 11.6. The van der Waals surface area contributed by atoms with E-state index in [4.69, 9.17) is 18.9 Å². The number of esters is 2. The van der Waals surface area contributed by atoms with Crippen molar-refractivity contribution in [2.75, 3.05) is 39.6 Å². The molecule has 0 aliphatic carbocycles. The Morgan fingerprint density at radius 2 is 0.844 bits per heavy atom. The fraction of sp³-hybridized carbons (Fsp3) is 0.923. The molecule has 6 nitrogen and oxygen atoms in total. The zero-order chi connectivity index (χ0) is 23.9. The quantitative estimate of drug-likeness (QED) is 0.136. The Kier molecular flexibility index (Phi) is 22.2. The Balaban J connectivity index is 3.26. The zero-order valence-corrected chi connectivity index (χ0v) is 21.3. The molecule has 0 heterocycles. The van der Waals surface area contributed by atoms with Gasteiger partial charge in [-0.3, -0.25) is 9.59 Å². The van der Waals surface area contributed by atoms with Gasteiger partial charge >= 0.3 is 11.9 Å². The highest BCUT2D eigenvalue weighted by atomic mass is 16.6. The molecule has 0 unspecified atom stereocenters. The smallest absolute Gasteiger partial charge is 0.305 e. The van der Waals surface area contributed by atoms with E-state index in [9.17, 15) is 9.59 Å². The van der Waals surface area contributed by atoms with Crippen molar-refractivity contribution in [1.82, 2.24) is 0 Å². The van der Waals surface area contributed by atoms with Crippen molar-refractivity contribution in [3.63, 3.8) is 0 Å². The standard InChI is InChI=1S/C26H50O6/c1-23(2)13-9-5-7-11-15-25(27)31-21-19-29-17-18-30-20-22-32-26(28)16-12-8-6-10-14-24(3)4/h23-24H,5-22H2,1-4H3. The topological polar surface area (TPSA) is 71.1 Å². The largest absolute Gasteiger partial charge is 0.463 e. The molecule has 0 aromatic rings. The Bertz CT molecular complexity index is 396. The number of ether oxygens (including phenoxy) is 4. The highest BCUT2D eigenvalue weighted by Crippen LogP contribution is 2.11. The summed E-state index contributed by atoms with van der Waals surface area (Å²) in [6.07, 6.45) is 12.3. The molecule has 0 N–H and O–H groups in total. The maximum Gasteiger partial charge on any atom is 0.305 e. The Morgan fingerprint density at radius 1 is 0.500 bits per heavy atom. The summed E-state index contributed by atoms with van der Waals surface area (Å²) in [4.78, 5) is 23.3. The Morgan fingerprint density at radius 3 is 1.22 bits per heavy atom. The molecule has 0 fully saturated rings. The fourth-order valence-electron chi connectivity index (χ4n) is 3.25. The molecule has 0 bridgehead atoms. The van der Waals surface area contributed by atoms with Crippen molar-refractivity contribution in [2.45, 2.75) is 105 Å². The van der Waals surface area contributed by atoms with Crippen LogP contribution in [0.3, 0.4) is 0 Å². The molecule has 190 valence electrons. The second-order valence-corrected chi connectivity index (χ2v) is 9.36. The minimum Gasteiger partial charge on any atom is -0.463 e. The number of hydrogen-bond acceptors (Lipinski definition) is 6. The Hall–Kier alpha value is -1.14. The Labute approximate surface area is 197 Å². The molecule has 0 aromatic heterocycles. The van der Waals surface area contributed by atoms with Gasteiger partial charge in [0.25, 0.3) is 0 Å². The van der Waals surface area contributed by atoms with Crippen molar-refractivity contribution < 1.29 is 28.5 Å². The summed E-state index contributed by atoms with van der Waals surface area (Å²) >= 11 is 0. The van der Waals surface area contributed by atoms with Crippen LogP contribution < -0.4 is 0 Å². The predicted octanol–water partition coefficient (Wildman–Crippen LogP) is 6.10. The van der Waals surface area contributed by atoms with Crippen LogP contribution in [-0.4, -0.2) is 51.6 Å². The lowest BCUT2D eigenvalue weighted by atomic mass is 10.0. The average Bonchev–Trinajstić information content (AvgIpc) is 2.74. The number of carbonyl (C=O) groups excluding carboxylic acids is 2. The van der Waals surface area contributed by atoms with E-state index in [-0.39, 0.29) is 25.2 Å². The molecule has 0 amide bonds. The van der Waals surface area contributed by atoms with Gasteiger partial charge in [0, 0.05) is 12.8 Å². The van der Waals surface area contributed by atoms with E-state index >= 15 is 0 Å². The second-order valence-electron chi connectivity index (χ2n) is 9.36. The lowest BCUT2D eigenvalue weighted by Crippen LogP contribution is -2.15. The third-order valence-corrected chi connectivity index (χ3v) is 5.18. The number of hydrogen-bond donors (Lipinski definition) is 0. The van der Waals surface area contributed by atoms with Crippen LogP contribution in [0.5, 0.6) is 0 Å². The van der Waals surface area contributed by atoms with Crippen LogP contribution in [0.25, 0.3) is 0 Å². The van der Waals surface area contributed by atoms with Gasteiger partial charge in [-0.15, -0.1) is 0 Å². The number of rotatable bonds is 23. The summed E-state index contributed by atoms with van der Waals surface area (Å²) in [5.41, 5.74) is 0. The summed E-state index contributed by atoms with van der Waals surface area (Å²) in [5.74, 6) is 1.22. The van der Waals surface area contributed by atoms with Gasteiger partial charge in [-0.25, -0.2) is 0 Å². The van der Waals surface area contributed by atoms with Crippen LogP contribution >= 0.6 is 0 Å². The van der Waals surface area contributed by atoms with Crippen molar-refractivity contribution in [1.29, 1.82) is 0 Å². The van der Waals surface area contributed by atoms with Crippen molar-refractivity contribution >= 4 is 11.9 Å².